The maximum atomic E-state index is 13.8. The molecule has 206 valence electrons. The topological polar surface area (TPSA) is 137 Å². The van der Waals surface area contributed by atoms with Crippen molar-refractivity contribution >= 4 is 29.5 Å². The normalized spacial score (nSPS) is 21.8. The summed E-state index contributed by atoms with van der Waals surface area (Å²) in [6, 6.07) is -2.56. The van der Waals surface area contributed by atoms with E-state index in [1.807, 2.05) is 6.92 Å². The Kier molecular flexibility index (Phi) is 11.0. The van der Waals surface area contributed by atoms with Crippen molar-refractivity contribution in [3.05, 3.63) is 12.7 Å². The average Bonchev–Trinajstić information content (AvgIpc) is 3.67. The standard InChI is InChI=1S/C27H43N5O5/c1-3-10-20(23(33)25(35)28-16-4-2)30-24(34)21-15-9-17-32(21)26(36)22(18-11-5-6-12-18)31-27(37)29-19-13-7-8-14-19/h4,18-22H,2-3,5-17H2,1H3,(H,28,35)(H,30,34)(H2,29,31,37)/t20?,21-,22?/m0/s1. The van der Waals surface area contributed by atoms with Crippen LogP contribution in [0, 0.1) is 5.92 Å². The summed E-state index contributed by atoms with van der Waals surface area (Å²) in [5, 5.41) is 11.1. The highest BCUT2D eigenvalue weighted by molar-refractivity contribution is 6.38. The molecule has 4 N–H and O–H groups in total. The fraction of sp³-hybridized carbons (Fsp3) is 0.741. The molecule has 0 aromatic rings. The van der Waals surface area contributed by atoms with Crippen LogP contribution in [-0.4, -0.2) is 71.7 Å². The van der Waals surface area contributed by atoms with Crippen LogP contribution in [0.1, 0.15) is 84.0 Å². The lowest BCUT2D eigenvalue weighted by Gasteiger charge is -2.32. The van der Waals surface area contributed by atoms with E-state index in [1.165, 1.54) is 6.08 Å². The zero-order valence-electron chi connectivity index (χ0n) is 22.1. The molecule has 0 spiro atoms. The van der Waals surface area contributed by atoms with E-state index in [1.54, 1.807) is 4.90 Å². The van der Waals surface area contributed by atoms with Crippen molar-refractivity contribution in [3.8, 4) is 0 Å². The monoisotopic (exact) mass is 517 g/mol. The Hall–Kier alpha value is -2.91. The van der Waals surface area contributed by atoms with Crippen LogP contribution in [0.4, 0.5) is 4.79 Å². The van der Waals surface area contributed by atoms with Crippen molar-refractivity contribution in [1.29, 1.82) is 0 Å². The zero-order chi connectivity index (χ0) is 26.8. The van der Waals surface area contributed by atoms with Gasteiger partial charge in [0, 0.05) is 19.1 Å². The molecule has 10 nitrogen and oxygen atoms in total. The maximum absolute atomic E-state index is 13.8. The van der Waals surface area contributed by atoms with E-state index in [4.69, 9.17) is 0 Å². The van der Waals surface area contributed by atoms with Crippen LogP contribution in [0.25, 0.3) is 0 Å². The summed E-state index contributed by atoms with van der Waals surface area (Å²) in [5.41, 5.74) is 0. The molecule has 3 rings (SSSR count). The molecule has 1 heterocycles. The molecular weight excluding hydrogens is 474 g/mol. The van der Waals surface area contributed by atoms with Gasteiger partial charge in [0.05, 0.1) is 6.04 Å². The number of carbonyl (C=O) groups excluding carboxylic acids is 5. The lowest BCUT2D eigenvalue weighted by atomic mass is 9.96. The summed E-state index contributed by atoms with van der Waals surface area (Å²) in [6.45, 7) is 5.96. The van der Waals surface area contributed by atoms with Gasteiger partial charge in [-0.15, -0.1) is 6.58 Å². The van der Waals surface area contributed by atoms with Gasteiger partial charge in [-0.25, -0.2) is 4.79 Å². The van der Waals surface area contributed by atoms with Crippen LogP contribution in [0.3, 0.4) is 0 Å². The molecule has 1 saturated heterocycles. The van der Waals surface area contributed by atoms with Crippen molar-refractivity contribution in [1.82, 2.24) is 26.2 Å². The first-order valence-electron chi connectivity index (χ1n) is 14.0. The third kappa shape index (κ3) is 7.79. The molecule has 2 unspecified atom stereocenters. The molecule has 2 saturated carbocycles. The van der Waals surface area contributed by atoms with E-state index in [2.05, 4.69) is 27.8 Å². The molecule has 5 amide bonds. The van der Waals surface area contributed by atoms with Crippen molar-refractivity contribution in [3.63, 3.8) is 0 Å². The summed E-state index contributed by atoms with van der Waals surface area (Å²) in [5.74, 6) is -2.11. The molecule has 0 bridgehead atoms. The Labute approximate surface area is 219 Å². The Balaban J connectivity index is 1.67. The average molecular weight is 518 g/mol. The number of urea groups is 1. The third-order valence-electron chi connectivity index (χ3n) is 7.79. The quantitative estimate of drug-likeness (QED) is 0.232. The highest BCUT2D eigenvalue weighted by Crippen LogP contribution is 2.30. The zero-order valence-corrected chi connectivity index (χ0v) is 22.1. The predicted octanol–water partition coefficient (Wildman–Crippen LogP) is 1.93. The minimum atomic E-state index is -0.958. The van der Waals surface area contributed by atoms with Crippen LogP contribution in [-0.2, 0) is 19.2 Å². The van der Waals surface area contributed by atoms with Crippen LogP contribution >= 0.6 is 0 Å². The Morgan fingerprint density at radius 2 is 1.62 bits per heavy atom. The Bertz CT molecular complexity index is 850. The van der Waals surface area contributed by atoms with Gasteiger partial charge in [0.25, 0.3) is 5.91 Å². The summed E-state index contributed by atoms with van der Waals surface area (Å²) < 4.78 is 0. The number of Topliss-reactive ketones (excluding diaryl/α,β-unsaturated/α-hetero) is 1. The van der Waals surface area contributed by atoms with Crippen molar-refractivity contribution in [2.24, 2.45) is 5.92 Å². The first kappa shape index (κ1) is 28.7. The minimum Gasteiger partial charge on any atom is -0.346 e. The van der Waals surface area contributed by atoms with E-state index in [0.29, 0.717) is 32.2 Å². The number of hydrogen-bond donors (Lipinski definition) is 4. The van der Waals surface area contributed by atoms with Gasteiger partial charge in [0.1, 0.15) is 12.1 Å². The number of nitrogens with one attached hydrogen (secondary N) is 4. The first-order chi connectivity index (χ1) is 17.8. The number of hydrogen-bond acceptors (Lipinski definition) is 5. The lowest BCUT2D eigenvalue weighted by molar-refractivity contribution is -0.143. The van der Waals surface area contributed by atoms with Gasteiger partial charge in [-0.05, 0) is 50.9 Å². The molecule has 3 fully saturated rings. The van der Waals surface area contributed by atoms with Gasteiger partial charge in [0.2, 0.25) is 17.6 Å². The number of amides is 5. The lowest BCUT2D eigenvalue weighted by Crippen LogP contribution is -2.58. The van der Waals surface area contributed by atoms with Gasteiger partial charge < -0.3 is 26.2 Å². The second-order valence-corrected chi connectivity index (χ2v) is 10.5. The minimum absolute atomic E-state index is 0.0362. The van der Waals surface area contributed by atoms with Gasteiger partial charge in [-0.2, -0.15) is 0 Å². The van der Waals surface area contributed by atoms with E-state index in [-0.39, 0.29) is 30.4 Å². The molecule has 37 heavy (non-hydrogen) atoms. The molecule has 3 atom stereocenters. The molecule has 2 aliphatic carbocycles. The van der Waals surface area contributed by atoms with Crippen molar-refractivity contribution in [2.75, 3.05) is 13.1 Å². The van der Waals surface area contributed by atoms with Crippen LogP contribution in [0.5, 0.6) is 0 Å². The number of ketones is 1. The smallest absolute Gasteiger partial charge is 0.315 e. The van der Waals surface area contributed by atoms with Gasteiger partial charge in [0.15, 0.2) is 0 Å². The fourth-order valence-corrected chi connectivity index (χ4v) is 5.83. The highest BCUT2D eigenvalue weighted by atomic mass is 16.2. The Morgan fingerprint density at radius 3 is 2.27 bits per heavy atom. The number of likely N-dealkylation sites (tertiary alicyclic amines) is 1. The Morgan fingerprint density at radius 1 is 0.946 bits per heavy atom. The second-order valence-electron chi connectivity index (χ2n) is 10.5. The maximum Gasteiger partial charge on any atom is 0.315 e. The van der Waals surface area contributed by atoms with Gasteiger partial charge in [-0.3, -0.25) is 19.2 Å². The van der Waals surface area contributed by atoms with Crippen LogP contribution in [0.2, 0.25) is 0 Å². The predicted molar refractivity (Wildman–Crippen MR) is 139 cm³/mol. The molecule has 0 radical (unpaired) electrons. The summed E-state index contributed by atoms with van der Waals surface area (Å²) in [7, 11) is 0. The van der Waals surface area contributed by atoms with Crippen LogP contribution < -0.4 is 21.3 Å². The van der Waals surface area contributed by atoms with E-state index < -0.39 is 35.7 Å². The fourth-order valence-electron chi connectivity index (χ4n) is 5.83. The van der Waals surface area contributed by atoms with E-state index >= 15 is 0 Å². The van der Waals surface area contributed by atoms with Gasteiger partial charge in [-0.1, -0.05) is 45.1 Å². The number of nitrogens with zero attached hydrogens (tertiary/aromatic N) is 1. The first-order valence-corrected chi connectivity index (χ1v) is 14.0. The molecule has 1 aliphatic heterocycles. The van der Waals surface area contributed by atoms with Crippen molar-refractivity contribution in [2.45, 2.75) is 108 Å². The highest BCUT2D eigenvalue weighted by Gasteiger charge is 2.42. The van der Waals surface area contributed by atoms with Gasteiger partial charge >= 0.3 is 6.03 Å². The second kappa shape index (κ2) is 14.1. The van der Waals surface area contributed by atoms with Crippen LogP contribution in [0.15, 0.2) is 12.7 Å². The molecule has 3 aliphatic rings. The summed E-state index contributed by atoms with van der Waals surface area (Å²) >= 11 is 0. The number of rotatable bonds is 12. The third-order valence-corrected chi connectivity index (χ3v) is 7.79. The summed E-state index contributed by atoms with van der Waals surface area (Å²) in [4.78, 5) is 66.2. The number of carbonyl (C=O) groups is 5. The summed E-state index contributed by atoms with van der Waals surface area (Å²) in [6.07, 6.45) is 11.4. The molecule has 10 heteroatoms. The largest absolute Gasteiger partial charge is 0.346 e. The molecular formula is C27H43N5O5. The molecule has 0 aromatic carbocycles. The van der Waals surface area contributed by atoms with E-state index in [0.717, 1.165) is 51.4 Å². The SMILES string of the molecule is C=CCNC(=O)C(=O)C(CCC)NC(=O)[C@@H]1CCCN1C(=O)C(NC(=O)NC1CCCC1)C1CCCC1. The molecule has 0 aromatic heterocycles. The van der Waals surface area contributed by atoms with Crippen molar-refractivity contribution < 1.29 is 24.0 Å². The van der Waals surface area contributed by atoms with E-state index in [9.17, 15) is 24.0 Å².